The monoisotopic (exact) mass is 399 g/mol. The van der Waals surface area contributed by atoms with E-state index in [1.807, 2.05) is 0 Å². The number of carbonyl (C=O) groups is 2. The number of piperidine rings is 1. The normalized spacial score (nSPS) is 15.3. The summed E-state index contributed by atoms with van der Waals surface area (Å²) in [6.07, 6.45) is 1.35. The molecule has 0 aromatic heterocycles. The molecule has 26 heavy (non-hydrogen) atoms. The molecule has 7 heteroatoms. The van der Waals surface area contributed by atoms with Crippen molar-refractivity contribution in [3.8, 4) is 0 Å². The Bertz CT molecular complexity index is 627. The van der Waals surface area contributed by atoms with Crippen LogP contribution in [0.3, 0.4) is 0 Å². The molecule has 0 atom stereocenters. The lowest BCUT2D eigenvalue weighted by atomic mass is 9.95. The van der Waals surface area contributed by atoms with Crippen molar-refractivity contribution in [2.75, 3.05) is 39.3 Å². The number of carbonyl (C=O) groups excluding carboxylic acids is 2. The van der Waals surface area contributed by atoms with Crippen molar-refractivity contribution < 1.29 is 9.59 Å². The van der Waals surface area contributed by atoms with Gasteiger partial charge < -0.3 is 15.1 Å². The Hall–Kier alpha value is -1.30. The van der Waals surface area contributed by atoms with Crippen LogP contribution in [0.5, 0.6) is 0 Å². The molecule has 0 radical (unpaired) electrons. The Morgan fingerprint density at radius 2 is 1.85 bits per heavy atom. The van der Waals surface area contributed by atoms with Crippen LogP contribution in [0.1, 0.15) is 37.0 Å². The zero-order valence-electron chi connectivity index (χ0n) is 15.4. The second kappa shape index (κ2) is 10.1. The topological polar surface area (TPSA) is 52.7 Å². The molecule has 2 amide bonds. The number of nitrogens with one attached hydrogen (secondary N) is 1. The average molecular weight is 400 g/mol. The standard InChI is InChI=1S/C19H27Cl2N3O2/c1-3-23(4-2)12-9-22-18(25)14-7-10-24(11-8-14)19(26)16-6-5-15(20)13-17(16)21/h5-6,13-14H,3-4,7-12H2,1-2H3,(H,22,25). The Morgan fingerprint density at radius 3 is 2.42 bits per heavy atom. The first-order valence-corrected chi connectivity index (χ1v) is 9.96. The molecule has 5 nitrogen and oxygen atoms in total. The maximum atomic E-state index is 12.6. The predicted octanol–water partition coefficient (Wildman–Crippen LogP) is 3.30. The van der Waals surface area contributed by atoms with Crippen molar-refractivity contribution in [2.45, 2.75) is 26.7 Å². The summed E-state index contributed by atoms with van der Waals surface area (Å²) in [5, 5.41) is 3.89. The number of rotatable bonds is 7. The number of likely N-dealkylation sites (tertiary alicyclic amines) is 1. The summed E-state index contributed by atoms with van der Waals surface area (Å²) in [4.78, 5) is 29.0. The molecule has 2 rings (SSSR count). The number of halogens is 2. The quantitative estimate of drug-likeness (QED) is 0.764. The van der Waals surface area contributed by atoms with Crippen LogP contribution < -0.4 is 5.32 Å². The van der Waals surface area contributed by atoms with E-state index in [0.29, 0.717) is 48.1 Å². The number of benzene rings is 1. The van der Waals surface area contributed by atoms with E-state index in [4.69, 9.17) is 23.2 Å². The summed E-state index contributed by atoms with van der Waals surface area (Å²) in [7, 11) is 0. The average Bonchev–Trinajstić information content (AvgIpc) is 2.65. The zero-order chi connectivity index (χ0) is 19.1. The number of amides is 2. The van der Waals surface area contributed by atoms with E-state index in [-0.39, 0.29) is 17.7 Å². The van der Waals surface area contributed by atoms with Crippen molar-refractivity contribution in [3.05, 3.63) is 33.8 Å². The third-order valence-electron chi connectivity index (χ3n) is 4.94. The van der Waals surface area contributed by atoms with E-state index in [1.165, 1.54) is 0 Å². The summed E-state index contributed by atoms with van der Waals surface area (Å²) in [5.41, 5.74) is 0.457. The van der Waals surface area contributed by atoms with Crippen LogP contribution in [-0.4, -0.2) is 60.9 Å². The van der Waals surface area contributed by atoms with Crippen molar-refractivity contribution in [2.24, 2.45) is 5.92 Å². The molecule has 144 valence electrons. The SMILES string of the molecule is CCN(CC)CCNC(=O)C1CCN(C(=O)c2ccc(Cl)cc2Cl)CC1. The molecule has 1 heterocycles. The van der Waals surface area contributed by atoms with Gasteiger partial charge in [0.1, 0.15) is 0 Å². The van der Waals surface area contributed by atoms with Crippen molar-refractivity contribution in [1.29, 1.82) is 0 Å². The van der Waals surface area contributed by atoms with E-state index in [1.54, 1.807) is 23.1 Å². The lowest BCUT2D eigenvalue weighted by Crippen LogP contribution is -2.44. The highest BCUT2D eigenvalue weighted by Gasteiger charge is 2.28. The fourth-order valence-electron chi connectivity index (χ4n) is 3.20. The van der Waals surface area contributed by atoms with Crippen molar-refractivity contribution in [3.63, 3.8) is 0 Å². The van der Waals surface area contributed by atoms with Crippen LogP contribution in [0.15, 0.2) is 18.2 Å². The van der Waals surface area contributed by atoms with Gasteiger partial charge in [-0.15, -0.1) is 0 Å². The molecule has 1 aliphatic heterocycles. The molecule has 1 aromatic rings. The summed E-state index contributed by atoms with van der Waals surface area (Å²) in [6, 6.07) is 4.89. The molecular weight excluding hydrogens is 373 g/mol. The van der Waals surface area contributed by atoms with Gasteiger partial charge in [-0.05, 0) is 44.1 Å². The lowest BCUT2D eigenvalue weighted by Gasteiger charge is -2.31. The molecule has 1 aliphatic rings. The van der Waals surface area contributed by atoms with E-state index >= 15 is 0 Å². The van der Waals surface area contributed by atoms with Gasteiger partial charge in [-0.2, -0.15) is 0 Å². The molecule has 1 N–H and O–H groups in total. The minimum absolute atomic E-state index is 0.0311. The summed E-state index contributed by atoms with van der Waals surface area (Å²) >= 11 is 12.0. The van der Waals surface area contributed by atoms with Crippen LogP contribution in [0.4, 0.5) is 0 Å². The number of likely N-dealkylation sites (N-methyl/N-ethyl adjacent to an activating group) is 1. The second-order valence-electron chi connectivity index (χ2n) is 6.51. The Morgan fingerprint density at radius 1 is 1.19 bits per heavy atom. The van der Waals surface area contributed by atoms with Crippen molar-refractivity contribution >= 4 is 35.0 Å². The van der Waals surface area contributed by atoms with Gasteiger partial charge in [0.2, 0.25) is 5.91 Å². The molecule has 0 spiro atoms. The van der Waals surface area contributed by atoms with Gasteiger partial charge in [0.25, 0.3) is 5.91 Å². The largest absolute Gasteiger partial charge is 0.355 e. The molecule has 1 saturated heterocycles. The highest BCUT2D eigenvalue weighted by molar-refractivity contribution is 6.36. The highest BCUT2D eigenvalue weighted by atomic mass is 35.5. The smallest absolute Gasteiger partial charge is 0.255 e. The van der Waals surface area contributed by atoms with Gasteiger partial charge in [0.15, 0.2) is 0 Å². The minimum Gasteiger partial charge on any atom is -0.355 e. The van der Waals surface area contributed by atoms with E-state index in [2.05, 4.69) is 24.1 Å². The maximum Gasteiger partial charge on any atom is 0.255 e. The number of hydrogen-bond acceptors (Lipinski definition) is 3. The first kappa shape index (κ1) is 21.0. The van der Waals surface area contributed by atoms with Gasteiger partial charge in [-0.1, -0.05) is 37.0 Å². The molecule has 1 aromatic carbocycles. The molecular formula is C19H27Cl2N3O2. The van der Waals surface area contributed by atoms with E-state index in [0.717, 1.165) is 19.6 Å². The van der Waals surface area contributed by atoms with Gasteiger partial charge in [0.05, 0.1) is 10.6 Å². The molecule has 0 aliphatic carbocycles. The Balaban J connectivity index is 1.81. The predicted molar refractivity (Wildman–Crippen MR) is 106 cm³/mol. The Labute approximate surface area is 165 Å². The fourth-order valence-corrected chi connectivity index (χ4v) is 3.69. The molecule has 0 bridgehead atoms. The fraction of sp³-hybridized carbons (Fsp3) is 0.579. The third kappa shape index (κ3) is 5.60. The van der Waals surface area contributed by atoms with Crippen LogP contribution in [0, 0.1) is 5.92 Å². The van der Waals surface area contributed by atoms with Crippen LogP contribution >= 0.6 is 23.2 Å². The van der Waals surface area contributed by atoms with Crippen LogP contribution in [0.25, 0.3) is 0 Å². The zero-order valence-corrected chi connectivity index (χ0v) is 16.9. The van der Waals surface area contributed by atoms with Gasteiger partial charge in [0, 0.05) is 37.1 Å². The summed E-state index contributed by atoms with van der Waals surface area (Å²) in [6.45, 7) is 8.86. The first-order valence-electron chi connectivity index (χ1n) is 9.20. The van der Waals surface area contributed by atoms with Crippen molar-refractivity contribution in [1.82, 2.24) is 15.1 Å². The second-order valence-corrected chi connectivity index (χ2v) is 7.35. The minimum atomic E-state index is -0.105. The number of nitrogens with zero attached hydrogens (tertiary/aromatic N) is 2. The lowest BCUT2D eigenvalue weighted by molar-refractivity contribution is -0.126. The van der Waals surface area contributed by atoms with E-state index in [9.17, 15) is 9.59 Å². The molecule has 1 fully saturated rings. The van der Waals surface area contributed by atoms with E-state index < -0.39 is 0 Å². The van der Waals surface area contributed by atoms with Gasteiger partial charge in [-0.25, -0.2) is 0 Å². The van der Waals surface area contributed by atoms with Crippen LogP contribution in [0.2, 0.25) is 10.0 Å². The third-order valence-corrected chi connectivity index (χ3v) is 5.48. The first-order chi connectivity index (χ1) is 12.5. The number of hydrogen-bond donors (Lipinski definition) is 1. The Kier molecular flexibility index (Phi) is 8.19. The summed E-state index contributed by atoms with van der Waals surface area (Å²) < 4.78 is 0. The van der Waals surface area contributed by atoms with Crippen LogP contribution in [-0.2, 0) is 4.79 Å². The molecule has 0 unspecified atom stereocenters. The maximum absolute atomic E-state index is 12.6. The van der Waals surface area contributed by atoms with Gasteiger partial charge in [-0.3, -0.25) is 9.59 Å². The molecule has 0 saturated carbocycles. The van der Waals surface area contributed by atoms with Gasteiger partial charge >= 0.3 is 0 Å². The highest BCUT2D eigenvalue weighted by Crippen LogP contribution is 2.25. The summed E-state index contributed by atoms with van der Waals surface area (Å²) in [5.74, 6) is -0.0442.